The highest BCUT2D eigenvalue weighted by molar-refractivity contribution is 5.36. The summed E-state index contributed by atoms with van der Waals surface area (Å²) in [5.74, 6) is 0.257. The number of aromatic hydroxyl groups is 1. The van der Waals surface area contributed by atoms with Gasteiger partial charge in [-0.1, -0.05) is 12.1 Å². The van der Waals surface area contributed by atoms with Gasteiger partial charge in [0.25, 0.3) is 0 Å². The van der Waals surface area contributed by atoms with E-state index in [1.807, 2.05) is 6.07 Å². The van der Waals surface area contributed by atoms with Gasteiger partial charge in [0.2, 0.25) is 0 Å². The monoisotopic (exact) mass is 176 g/mol. The molecular weight excluding hydrogens is 164 g/mol. The van der Waals surface area contributed by atoms with Crippen LogP contribution in [0.2, 0.25) is 0 Å². The molecule has 0 bridgehead atoms. The van der Waals surface area contributed by atoms with Gasteiger partial charge in [0.15, 0.2) is 0 Å². The first kappa shape index (κ1) is 9.56. The van der Waals surface area contributed by atoms with E-state index in [9.17, 15) is 5.11 Å². The summed E-state index contributed by atoms with van der Waals surface area (Å²) >= 11 is 0. The van der Waals surface area contributed by atoms with E-state index in [2.05, 4.69) is 0 Å². The molecule has 0 unspecified atom stereocenters. The molecule has 3 nitrogen and oxygen atoms in total. The summed E-state index contributed by atoms with van der Waals surface area (Å²) in [5.41, 5.74) is 7.39. The summed E-state index contributed by atoms with van der Waals surface area (Å²) in [6, 6.07) is 6.90. The van der Waals surface area contributed by atoms with Crippen molar-refractivity contribution in [1.82, 2.24) is 0 Å². The first-order chi connectivity index (χ1) is 6.15. The molecule has 0 aromatic heterocycles. The van der Waals surface area contributed by atoms with Crippen LogP contribution in [0.25, 0.3) is 0 Å². The number of benzene rings is 1. The van der Waals surface area contributed by atoms with Crippen LogP contribution in [0, 0.1) is 18.3 Å². The van der Waals surface area contributed by atoms with Crippen LogP contribution >= 0.6 is 0 Å². The Hall–Kier alpha value is -1.53. The molecule has 3 heteroatoms. The highest BCUT2D eigenvalue weighted by atomic mass is 16.3. The van der Waals surface area contributed by atoms with Gasteiger partial charge in [0.1, 0.15) is 5.75 Å². The number of hydrogen-bond acceptors (Lipinski definition) is 3. The maximum atomic E-state index is 9.25. The minimum atomic E-state index is -0.260. The average Bonchev–Trinajstić information content (AvgIpc) is 2.10. The Morgan fingerprint density at radius 2 is 2.31 bits per heavy atom. The second-order valence-corrected chi connectivity index (χ2v) is 3.01. The van der Waals surface area contributed by atoms with Crippen LogP contribution in [0.3, 0.4) is 0 Å². The molecule has 13 heavy (non-hydrogen) atoms. The Bertz CT molecular complexity index is 341. The minimum absolute atomic E-state index is 0.257. The van der Waals surface area contributed by atoms with Crippen LogP contribution in [0.15, 0.2) is 18.2 Å². The summed E-state index contributed by atoms with van der Waals surface area (Å²) in [6.07, 6.45) is 0.296. The molecule has 1 atom stereocenters. The normalized spacial score (nSPS) is 12.1. The summed E-state index contributed by atoms with van der Waals surface area (Å²) in [4.78, 5) is 0. The lowest BCUT2D eigenvalue weighted by atomic mass is 10.0. The number of hydrogen-bond donors (Lipinski definition) is 2. The average molecular weight is 176 g/mol. The van der Waals surface area contributed by atoms with E-state index in [1.165, 1.54) is 0 Å². The van der Waals surface area contributed by atoms with Gasteiger partial charge >= 0.3 is 0 Å². The van der Waals surface area contributed by atoms with Crippen LogP contribution in [0.1, 0.15) is 23.6 Å². The van der Waals surface area contributed by atoms with Crippen LogP contribution in [0.5, 0.6) is 5.75 Å². The van der Waals surface area contributed by atoms with Crippen molar-refractivity contribution < 1.29 is 5.11 Å². The van der Waals surface area contributed by atoms with Crippen molar-refractivity contribution in [3.8, 4) is 11.8 Å². The van der Waals surface area contributed by atoms with E-state index in [-0.39, 0.29) is 11.8 Å². The number of nitrogens with two attached hydrogens (primary N) is 1. The molecule has 1 aromatic rings. The predicted octanol–water partition coefficient (Wildman–Crippen LogP) is 1.61. The first-order valence-electron chi connectivity index (χ1n) is 4.07. The quantitative estimate of drug-likeness (QED) is 0.719. The van der Waals surface area contributed by atoms with Crippen LogP contribution in [-0.4, -0.2) is 5.11 Å². The topological polar surface area (TPSA) is 70.0 Å². The molecule has 3 N–H and O–H groups in total. The van der Waals surface area contributed by atoms with Gasteiger partial charge in [-0.15, -0.1) is 0 Å². The van der Waals surface area contributed by atoms with Crippen molar-refractivity contribution in [2.24, 2.45) is 5.73 Å². The third-order valence-corrected chi connectivity index (χ3v) is 1.96. The van der Waals surface area contributed by atoms with Gasteiger partial charge in [0, 0.05) is 6.04 Å². The lowest BCUT2D eigenvalue weighted by molar-refractivity contribution is 0.470. The zero-order chi connectivity index (χ0) is 9.84. The van der Waals surface area contributed by atoms with E-state index >= 15 is 0 Å². The molecule has 0 amide bonds. The van der Waals surface area contributed by atoms with Gasteiger partial charge in [-0.3, -0.25) is 0 Å². The zero-order valence-corrected chi connectivity index (χ0v) is 7.49. The molecule has 0 radical (unpaired) electrons. The summed E-state index contributed by atoms with van der Waals surface area (Å²) in [7, 11) is 0. The molecule has 0 spiro atoms. The molecule has 0 saturated carbocycles. The van der Waals surface area contributed by atoms with Crippen molar-refractivity contribution in [3.05, 3.63) is 29.3 Å². The highest BCUT2D eigenvalue weighted by Gasteiger charge is 2.06. The maximum absolute atomic E-state index is 9.25. The summed E-state index contributed by atoms with van der Waals surface area (Å²) < 4.78 is 0. The number of nitrogens with zero attached hydrogens (tertiary/aromatic N) is 1. The molecule has 0 saturated heterocycles. The fourth-order valence-electron chi connectivity index (χ4n) is 1.13. The standard InChI is InChI=1S/C10H12N2O/c1-7-6-8(2-3-10(7)13)9(12)4-5-11/h2-3,6,9,13H,4,12H2,1H3/t9-/m1/s1. The van der Waals surface area contributed by atoms with Crippen molar-refractivity contribution in [3.63, 3.8) is 0 Å². The Morgan fingerprint density at radius 3 is 2.85 bits per heavy atom. The molecule has 0 aliphatic carbocycles. The smallest absolute Gasteiger partial charge is 0.118 e. The lowest BCUT2D eigenvalue weighted by Crippen LogP contribution is -2.09. The van der Waals surface area contributed by atoms with Gasteiger partial charge in [-0.2, -0.15) is 5.26 Å². The van der Waals surface area contributed by atoms with Crippen molar-refractivity contribution in [2.45, 2.75) is 19.4 Å². The van der Waals surface area contributed by atoms with E-state index < -0.39 is 0 Å². The zero-order valence-electron chi connectivity index (χ0n) is 7.49. The third kappa shape index (κ3) is 2.20. The minimum Gasteiger partial charge on any atom is -0.508 e. The van der Waals surface area contributed by atoms with E-state index in [0.29, 0.717) is 6.42 Å². The SMILES string of the molecule is Cc1cc([C@H](N)CC#N)ccc1O. The highest BCUT2D eigenvalue weighted by Crippen LogP contribution is 2.21. The molecule has 0 heterocycles. The van der Waals surface area contributed by atoms with Crippen LogP contribution in [0.4, 0.5) is 0 Å². The van der Waals surface area contributed by atoms with Gasteiger partial charge < -0.3 is 10.8 Å². The number of phenolic OH excluding ortho intramolecular Hbond substituents is 1. The van der Waals surface area contributed by atoms with Gasteiger partial charge in [0.05, 0.1) is 12.5 Å². The second kappa shape index (κ2) is 3.92. The van der Waals surface area contributed by atoms with E-state index in [1.54, 1.807) is 25.1 Å². The number of aryl methyl sites for hydroxylation is 1. The molecular formula is C10H12N2O. The Labute approximate surface area is 77.4 Å². The lowest BCUT2D eigenvalue weighted by Gasteiger charge is -2.09. The molecule has 0 aliphatic rings. The summed E-state index contributed by atoms with van der Waals surface area (Å²) in [6.45, 7) is 1.80. The van der Waals surface area contributed by atoms with E-state index in [4.69, 9.17) is 11.0 Å². The van der Waals surface area contributed by atoms with Crippen LogP contribution in [-0.2, 0) is 0 Å². The molecule has 68 valence electrons. The largest absolute Gasteiger partial charge is 0.508 e. The molecule has 1 rings (SSSR count). The van der Waals surface area contributed by atoms with Gasteiger partial charge in [-0.25, -0.2) is 0 Å². The third-order valence-electron chi connectivity index (χ3n) is 1.96. The predicted molar refractivity (Wildman–Crippen MR) is 50.0 cm³/mol. The second-order valence-electron chi connectivity index (χ2n) is 3.01. The molecule has 0 aliphatic heterocycles. The van der Waals surface area contributed by atoms with E-state index in [0.717, 1.165) is 11.1 Å². The van der Waals surface area contributed by atoms with Crippen LogP contribution < -0.4 is 5.73 Å². The first-order valence-corrected chi connectivity index (χ1v) is 4.07. The molecule has 0 fully saturated rings. The Balaban J connectivity index is 2.91. The Kier molecular flexibility index (Phi) is 2.88. The number of rotatable bonds is 2. The number of nitriles is 1. The van der Waals surface area contributed by atoms with Crippen molar-refractivity contribution in [1.29, 1.82) is 5.26 Å². The molecule has 1 aromatic carbocycles. The number of phenols is 1. The van der Waals surface area contributed by atoms with Gasteiger partial charge in [-0.05, 0) is 24.1 Å². The Morgan fingerprint density at radius 1 is 1.62 bits per heavy atom. The maximum Gasteiger partial charge on any atom is 0.118 e. The fourth-order valence-corrected chi connectivity index (χ4v) is 1.13. The van der Waals surface area contributed by atoms with Crippen molar-refractivity contribution >= 4 is 0 Å². The summed E-state index contributed by atoms with van der Waals surface area (Å²) in [5, 5.41) is 17.7. The van der Waals surface area contributed by atoms with Crippen molar-refractivity contribution in [2.75, 3.05) is 0 Å². The fraction of sp³-hybridized carbons (Fsp3) is 0.300.